The molecule has 0 spiro atoms. The second-order valence-corrected chi connectivity index (χ2v) is 6.62. The normalized spacial score (nSPS) is 20.2. The molecule has 0 radical (unpaired) electrons. The number of carbonyl (C=O) groups is 2. The van der Waals surface area contributed by atoms with Gasteiger partial charge >= 0.3 is 0 Å². The number of nitrogens with zero attached hydrogens (tertiary/aromatic N) is 3. The van der Waals surface area contributed by atoms with Gasteiger partial charge in [0.05, 0.1) is 17.7 Å². The lowest BCUT2D eigenvalue weighted by Gasteiger charge is -2.34. The second kappa shape index (κ2) is 6.36. The van der Waals surface area contributed by atoms with Gasteiger partial charge in [-0.25, -0.2) is 9.38 Å². The summed E-state index contributed by atoms with van der Waals surface area (Å²) in [5.74, 6) is -0.847. The molecule has 136 valence electrons. The molecular formula is C18H19FN4O3. The van der Waals surface area contributed by atoms with Crippen LogP contribution in [0.4, 0.5) is 4.39 Å². The summed E-state index contributed by atoms with van der Waals surface area (Å²) in [5.41, 5.74) is 6.08. The fourth-order valence-electron chi connectivity index (χ4n) is 2.93. The molecule has 0 aliphatic carbocycles. The van der Waals surface area contributed by atoms with Crippen molar-refractivity contribution in [1.82, 2.24) is 10.1 Å². The van der Waals surface area contributed by atoms with Gasteiger partial charge in [0.1, 0.15) is 5.82 Å². The van der Waals surface area contributed by atoms with Crippen molar-refractivity contribution >= 4 is 17.6 Å². The molecule has 0 saturated carbocycles. The summed E-state index contributed by atoms with van der Waals surface area (Å²) in [5, 5.41) is 3.69. The molecule has 7 nitrogen and oxygen atoms in total. The number of carbonyl (C=O) groups excluding carboxylic acids is 2. The van der Waals surface area contributed by atoms with Crippen molar-refractivity contribution < 1.29 is 18.5 Å². The SMILES string of the molecule is Cc1cc(C(=O)Cc2ccc(F)c(C3(C)CC(=O)N(C)C(N)=N3)c2)on1. The molecule has 0 fully saturated rings. The molecule has 1 aromatic carbocycles. The average molecular weight is 358 g/mol. The van der Waals surface area contributed by atoms with Crippen molar-refractivity contribution in [3.63, 3.8) is 0 Å². The summed E-state index contributed by atoms with van der Waals surface area (Å²) < 4.78 is 19.4. The largest absolute Gasteiger partial charge is 0.369 e. The highest BCUT2D eigenvalue weighted by atomic mass is 19.1. The number of hydrogen-bond acceptors (Lipinski definition) is 6. The van der Waals surface area contributed by atoms with E-state index in [9.17, 15) is 14.0 Å². The second-order valence-electron chi connectivity index (χ2n) is 6.62. The Morgan fingerprint density at radius 1 is 1.42 bits per heavy atom. The van der Waals surface area contributed by atoms with Gasteiger partial charge in [-0.3, -0.25) is 14.5 Å². The molecule has 3 rings (SSSR count). The number of nitrogens with two attached hydrogens (primary N) is 1. The number of aliphatic imine (C=N–C) groups is 1. The first-order chi connectivity index (χ1) is 12.2. The number of Topliss-reactive ketones (excluding diaryl/α,β-unsaturated/α-hetero) is 1. The predicted molar refractivity (Wildman–Crippen MR) is 92.0 cm³/mol. The Morgan fingerprint density at radius 3 is 2.77 bits per heavy atom. The zero-order valence-corrected chi connectivity index (χ0v) is 14.7. The lowest BCUT2D eigenvalue weighted by Crippen LogP contribution is -2.47. The number of ketones is 1. The van der Waals surface area contributed by atoms with Crippen LogP contribution in [0, 0.1) is 12.7 Å². The Morgan fingerprint density at radius 2 is 2.15 bits per heavy atom. The first-order valence-electron chi connectivity index (χ1n) is 8.07. The van der Waals surface area contributed by atoms with Gasteiger partial charge in [0.25, 0.3) is 0 Å². The molecule has 1 aliphatic rings. The minimum absolute atomic E-state index is 0.0141. The van der Waals surface area contributed by atoms with E-state index in [2.05, 4.69) is 10.1 Å². The van der Waals surface area contributed by atoms with E-state index >= 15 is 0 Å². The van der Waals surface area contributed by atoms with Gasteiger partial charge in [0, 0.05) is 25.1 Å². The average Bonchev–Trinajstić information content (AvgIpc) is 3.01. The van der Waals surface area contributed by atoms with E-state index < -0.39 is 11.4 Å². The number of guanidine groups is 1. The van der Waals surface area contributed by atoms with Crippen molar-refractivity contribution in [2.45, 2.75) is 32.2 Å². The topological polar surface area (TPSA) is 102 Å². The number of aryl methyl sites for hydroxylation is 1. The highest BCUT2D eigenvalue weighted by Crippen LogP contribution is 2.35. The van der Waals surface area contributed by atoms with Crippen LogP contribution in [0.15, 0.2) is 33.8 Å². The standard InChI is InChI=1S/C18H19FN4O3/c1-10-6-15(26-22-10)14(24)8-11-4-5-13(19)12(7-11)18(2)9-16(25)23(3)17(20)21-18/h4-7H,8-9H2,1-3H3,(H2,20,21). The molecular weight excluding hydrogens is 339 g/mol. The molecule has 2 heterocycles. The Bertz CT molecular complexity index is 921. The van der Waals surface area contributed by atoms with Crippen LogP contribution in [-0.4, -0.2) is 34.8 Å². The van der Waals surface area contributed by atoms with Crippen molar-refractivity contribution in [3.05, 3.63) is 52.7 Å². The van der Waals surface area contributed by atoms with E-state index in [0.29, 0.717) is 11.3 Å². The minimum atomic E-state index is -1.13. The van der Waals surface area contributed by atoms with E-state index in [1.807, 2.05) is 0 Å². The van der Waals surface area contributed by atoms with E-state index in [-0.39, 0.29) is 41.8 Å². The third-order valence-electron chi connectivity index (χ3n) is 4.45. The quantitative estimate of drug-likeness (QED) is 0.842. The van der Waals surface area contributed by atoms with E-state index in [1.165, 1.54) is 24.1 Å². The third kappa shape index (κ3) is 3.22. The Balaban J connectivity index is 1.93. The maximum atomic E-state index is 14.5. The Hall–Kier alpha value is -3.03. The number of hydrogen-bond donors (Lipinski definition) is 1. The van der Waals surface area contributed by atoms with Crippen LogP contribution >= 0.6 is 0 Å². The summed E-state index contributed by atoms with van der Waals surface area (Å²) in [6.07, 6.45) is 0.00482. The van der Waals surface area contributed by atoms with Gasteiger partial charge in [0.15, 0.2) is 5.96 Å². The minimum Gasteiger partial charge on any atom is -0.369 e. The molecule has 2 N–H and O–H groups in total. The summed E-state index contributed by atoms with van der Waals surface area (Å²) in [6.45, 7) is 3.37. The maximum Gasteiger partial charge on any atom is 0.231 e. The highest BCUT2D eigenvalue weighted by molar-refractivity contribution is 5.99. The zero-order valence-electron chi connectivity index (χ0n) is 14.7. The van der Waals surface area contributed by atoms with Gasteiger partial charge in [-0.1, -0.05) is 11.2 Å². The molecule has 1 aromatic heterocycles. The van der Waals surface area contributed by atoms with Crippen LogP contribution in [0.5, 0.6) is 0 Å². The molecule has 1 atom stereocenters. The van der Waals surface area contributed by atoms with E-state index in [0.717, 1.165) is 0 Å². The fraction of sp³-hybridized carbons (Fsp3) is 0.333. The molecule has 8 heteroatoms. The lowest BCUT2D eigenvalue weighted by molar-refractivity contribution is -0.128. The molecule has 1 unspecified atom stereocenters. The zero-order chi connectivity index (χ0) is 19.1. The van der Waals surface area contributed by atoms with Crippen LogP contribution in [0.25, 0.3) is 0 Å². The number of aromatic nitrogens is 1. The fourth-order valence-corrected chi connectivity index (χ4v) is 2.93. The maximum absolute atomic E-state index is 14.5. The van der Waals surface area contributed by atoms with E-state index in [4.69, 9.17) is 10.3 Å². The number of amides is 1. The third-order valence-corrected chi connectivity index (χ3v) is 4.45. The molecule has 1 amide bonds. The van der Waals surface area contributed by atoms with Gasteiger partial charge in [-0.15, -0.1) is 0 Å². The van der Waals surface area contributed by atoms with Crippen LogP contribution in [0.3, 0.4) is 0 Å². The predicted octanol–water partition coefficient (Wildman–Crippen LogP) is 1.94. The molecule has 26 heavy (non-hydrogen) atoms. The molecule has 0 bridgehead atoms. The van der Waals surface area contributed by atoms with Crippen molar-refractivity contribution in [2.75, 3.05) is 7.05 Å². The van der Waals surface area contributed by atoms with Crippen LogP contribution < -0.4 is 5.73 Å². The smallest absolute Gasteiger partial charge is 0.231 e. The molecule has 0 saturated heterocycles. The van der Waals surface area contributed by atoms with Crippen LogP contribution in [-0.2, 0) is 16.8 Å². The lowest BCUT2D eigenvalue weighted by atomic mass is 9.85. The van der Waals surface area contributed by atoms with Gasteiger partial charge in [-0.2, -0.15) is 0 Å². The Kier molecular flexibility index (Phi) is 4.35. The monoisotopic (exact) mass is 358 g/mol. The van der Waals surface area contributed by atoms with E-state index in [1.54, 1.807) is 26.0 Å². The van der Waals surface area contributed by atoms with Gasteiger partial charge in [-0.05, 0) is 31.5 Å². The van der Waals surface area contributed by atoms with Gasteiger partial charge in [0.2, 0.25) is 17.5 Å². The van der Waals surface area contributed by atoms with Gasteiger partial charge < -0.3 is 10.3 Å². The summed E-state index contributed by atoms with van der Waals surface area (Å²) in [6, 6.07) is 5.89. The summed E-state index contributed by atoms with van der Waals surface area (Å²) >= 11 is 0. The van der Waals surface area contributed by atoms with Crippen LogP contribution in [0.1, 0.15) is 40.7 Å². The first kappa shape index (κ1) is 17.8. The van der Waals surface area contributed by atoms with Crippen molar-refractivity contribution in [2.24, 2.45) is 10.7 Å². The Labute approximate surface area is 149 Å². The highest BCUT2D eigenvalue weighted by Gasteiger charge is 2.38. The number of benzene rings is 1. The van der Waals surface area contributed by atoms with Crippen LogP contribution in [0.2, 0.25) is 0 Å². The first-order valence-corrected chi connectivity index (χ1v) is 8.07. The number of halogens is 1. The van der Waals surface area contributed by atoms with Crippen molar-refractivity contribution in [3.8, 4) is 0 Å². The summed E-state index contributed by atoms with van der Waals surface area (Å²) in [4.78, 5) is 30.0. The molecule has 1 aliphatic heterocycles. The molecule has 2 aromatic rings. The number of rotatable bonds is 4. The summed E-state index contributed by atoms with van der Waals surface area (Å²) in [7, 11) is 1.52. The van der Waals surface area contributed by atoms with Crippen molar-refractivity contribution in [1.29, 1.82) is 0 Å².